The summed E-state index contributed by atoms with van der Waals surface area (Å²) in [5.41, 5.74) is -3.34. The molecular formula is C17H12F6N2O2S. The van der Waals surface area contributed by atoms with Gasteiger partial charge in [0.1, 0.15) is 0 Å². The summed E-state index contributed by atoms with van der Waals surface area (Å²) in [7, 11) is 0. The summed E-state index contributed by atoms with van der Waals surface area (Å²) in [4.78, 5) is 11.4. The minimum absolute atomic E-state index is 0.0221. The van der Waals surface area contributed by atoms with Gasteiger partial charge in [0.25, 0.3) is 0 Å². The van der Waals surface area contributed by atoms with Crippen molar-refractivity contribution in [2.24, 2.45) is 0 Å². The van der Waals surface area contributed by atoms with Crippen molar-refractivity contribution < 1.29 is 36.2 Å². The van der Waals surface area contributed by atoms with Crippen LogP contribution >= 0.6 is 12.2 Å². The first-order valence-electron chi connectivity index (χ1n) is 7.52. The second-order valence-corrected chi connectivity index (χ2v) is 5.98. The molecule has 0 aliphatic rings. The van der Waals surface area contributed by atoms with Gasteiger partial charge in [0.15, 0.2) is 11.2 Å². The Morgan fingerprint density at radius 2 is 1.43 bits per heavy atom. The van der Waals surface area contributed by atoms with E-state index in [0.29, 0.717) is 17.7 Å². The van der Waals surface area contributed by atoms with Gasteiger partial charge in [-0.3, -0.25) is 0 Å². The normalized spacial score (nSPS) is 12.9. The Balaban J connectivity index is 2.28. The molecule has 0 aliphatic carbocycles. The van der Waals surface area contributed by atoms with Crippen molar-refractivity contribution in [1.82, 2.24) is 5.32 Å². The molecule has 0 radical (unpaired) electrons. The van der Waals surface area contributed by atoms with Gasteiger partial charge in [-0.2, -0.15) is 26.3 Å². The zero-order valence-electron chi connectivity index (χ0n) is 13.7. The highest BCUT2D eigenvalue weighted by atomic mass is 32.1. The fourth-order valence-corrected chi connectivity index (χ4v) is 2.49. The lowest BCUT2D eigenvalue weighted by molar-refractivity contribution is -0.143. The molecule has 4 nitrogen and oxygen atoms in total. The SMILES string of the molecule is O=C(O)[C@H](NC(=S)Nc1cc(C(F)(F)F)cc(C(F)(F)F)c1)c1ccccc1. The van der Waals surface area contributed by atoms with Crippen LogP contribution in [0.15, 0.2) is 48.5 Å². The highest BCUT2D eigenvalue weighted by Crippen LogP contribution is 2.37. The lowest BCUT2D eigenvalue weighted by Crippen LogP contribution is -2.36. The lowest BCUT2D eigenvalue weighted by Gasteiger charge is -2.19. The third kappa shape index (κ3) is 5.59. The molecule has 2 aromatic rings. The van der Waals surface area contributed by atoms with Crippen LogP contribution in [0.5, 0.6) is 0 Å². The van der Waals surface area contributed by atoms with Gasteiger partial charge >= 0.3 is 18.3 Å². The number of rotatable bonds is 4. The van der Waals surface area contributed by atoms with Gasteiger partial charge in [0.05, 0.1) is 11.1 Å². The fourth-order valence-electron chi connectivity index (χ4n) is 2.26. The Morgan fingerprint density at radius 1 is 0.929 bits per heavy atom. The number of carboxylic acid groups (broad SMARTS) is 1. The summed E-state index contributed by atoms with van der Waals surface area (Å²) >= 11 is 4.86. The van der Waals surface area contributed by atoms with E-state index < -0.39 is 46.3 Å². The smallest absolute Gasteiger partial charge is 0.416 e. The van der Waals surface area contributed by atoms with Crippen LogP contribution in [0.4, 0.5) is 32.0 Å². The first kappa shape index (κ1) is 21.5. The molecule has 28 heavy (non-hydrogen) atoms. The predicted molar refractivity (Wildman–Crippen MR) is 92.6 cm³/mol. The molecule has 2 rings (SSSR count). The van der Waals surface area contributed by atoms with E-state index in [1.54, 1.807) is 18.2 Å². The molecule has 0 amide bonds. The van der Waals surface area contributed by atoms with E-state index in [1.807, 2.05) is 0 Å². The third-order valence-corrected chi connectivity index (χ3v) is 3.72. The number of aliphatic carboxylic acids is 1. The van der Waals surface area contributed by atoms with Crippen LogP contribution in [-0.4, -0.2) is 16.2 Å². The third-order valence-electron chi connectivity index (χ3n) is 3.50. The number of hydrogen-bond donors (Lipinski definition) is 3. The minimum Gasteiger partial charge on any atom is -0.479 e. The molecule has 0 saturated carbocycles. The van der Waals surface area contributed by atoms with E-state index in [-0.39, 0.29) is 6.07 Å². The Labute approximate surface area is 160 Å². The van der Waals surface area contributed by atoms with E-state index in [9.17, 15) is 36.2 Å². The summed E-state index contributed by atoms with van der Waals surface area (Å²) < 4.78 is 77.3. The first-order chi connectivity index (χ1) is 12.9. The maximum absolute atomic E-state index is 12.9. The highest BCUT2D eigenvalue weighted by molar-refractivity contribution is 7.80. The number of benzene rings is 2. The largest absolute Gasteiger partial charge is 0.479 e. The molecule has 0 bridgehead atoms. The number of carboxylic acids is 1. The molecular weight excluding hydrogens is 410 g/mol. The van der Waals surface area contributed by atoms with Crippen molar-refractivity contribution in [2.45, 2.75) is 18.4 Å². The zero-order valence-corrected chi connectivity index (χ0v) is 14.5. The first-order valence-corrected chi connectivity index (χ1v) is 7.93. The van der Waals surface area contributed by atoms with Gasteiger partial charge in [-0.15, -0.1) is 0 Å². The monoisotopic (exact) mass is 422 g/mol. The zero-order chi connectivity index (χ0) is 21.1. The molecule has 0 aliphatic heterocycles. The van der Waals surface area contributed by atoms with Crippen LogP contribution in [-0.2, 0) is 17.1 Å². The van der Waals surface area contributed by atoms with E-state index in [0.717, 1.165) is 0 Å². The van der Waals surface area contributed by atoms with E-state index in [1.165, 1.54) is 12.1 Å². The summed E-state index contributed by atoms with van der Waals surface area (Å²) in [5, 5.41) is 13.4. The average Bonchev–Trinajstić information content (AvgIpc) is 2.58. The molecule has 0 spiro atoms. The number of nitrogens with one attached hydrogen (secondary N) is 2. The Kier molecular flexibility index (Phi) is 6.17. The van der Waals surface area contributed by atoms with Crippen molar-refractivity contribution in [3.63, 3.8) is 0 Å². The molecule has 0 heterocycles. The van der Waals surface area contributed by atoms with E-state index in [4.69, 9.17) is 12.2 Å². The van der Waals surface area contributed by atoms with Crippen LogP contribution < -0.4 is 10.6 Å². The number of thiocarbonyl (C=S) groups is 1. The molecule has 1 atom stereocenters. The highest BCUT2D eigenvalue weighted by Gasteiger charge is 2.37. The molecule has 0 unspecified atom stereocenters. The number of halogens is 6. The van der Waals surface area contributed by atoms with Gasteiger partial charge in [-0.1, -0.05) is 30.3 Å². The van der Waals surface area contributed by atoms with Crippen LogP contribution in [0.1, 0.15) is 22.7 Å². The van der Waals surface area contributed by atoms with Crippen LogP contribution in [0.2, 0.25) is 0 Å². The number of alkyl halides is 6. The molecule has 2 aromatic carbocycles. The Bertz CT molecular complexity index is 836. The van der Waals surface area contributed by atoms with Crippen molar-refractivity contribution in [3.05, 3.63) is 65.2 Å². The van der Waals surface area contributed by atoms with Crippen LogP contribution in [0.25, 0.3) is 0 Å². The van der Waals surface area contributed by atoms with Crippen LogP contribution in [0, 0.1) is 0 Å². The quantitative estimate of drug-likeness (QED) is 0.487. The maximum Gasteiger partial charge on any atom is 0.416 e. The van der Waals surface area contributed by atoms with Gasteiger partial charge in [0, 0.05) is 5.69 Å². The van der Waals surface area contributed by atoms with Gasteiger partial charge in [-0.05, 0) is 36.0 Å². The average molecular weight is 422 g/mol. The topological polar surface area (TPSA) is 61.4 Å². The number of anilines is 1. The maximum atomic E-state index is 12.9. The molecule has 0 aromatic heterocycles. The second kappa shape index (κ2) is 8.05. The molecule has 3 N–H and O–H groups in total. The lowest BCUT2D eigenvalue weighted by atomic mass is 10.1. The van der Waals surface area contributed by atoms with Crippen molar-refractivity contribution >= 4 is 29.0 Å². The van der Waals surface area contributed by atoms with Gasteiger partial charge in [-0.25, -0.2) is 4.79 Å². The van der Waals surface area contributed by atoms with E-state index >= 15 is 0 Å². The minimum atomic E-state index is -5.01. The number of hydrogen-bond acceptors (Lipinski definition) is 2. The Hall–Kier alpha value is -2.82. The summed E-state index contributed by atoms with van der Waals surface area (Å²) in [6.45, 7) is 0. The number of carbonyl (C=O) groups is 1. The summed E-state index contributed by atoms with van der Waals surface area (Å²) in [6.07, 6.45) is -10.0. The molecule has 0 saturated heterocycles. The molecule has 11 heteroatoms. The standard InChI is InChI=1S/C17H12F6N2O2S/c18-16(19,20)10-6-11(17(21,22)23)8-12(7-10)24-15(28)25-13(14(26)27)9-4-2-1-3-5-9/h1-8,13H,(H,26,27)(H2,24,25,28)/t13-/m1/s1. The predicted octanol–water partition coefficient (Wildman–Crippen LogP) is 4.84. The Morgan fingerprint density at radius 3 is 1.86 bits per heavy atom. The molecule has 150 valence electrons. The second-order valence-electron chi connectivity index (χ2n) is 5.57. The van der Waals surface area contributed by atoms with Crippen molar-refractivity contribution in [1.29, 1.82) is 0 Å². The van der Waals surface area contributed by atoms with Crippen LogP contribution in [0.3, 0.4) is 0 Å². The van der Waals surface area contributed by atoms with Crippen molar-refractivity contribution in [3.8, 4) is 0 Å². The van der Waals surface area contributed by atoms with Gasteiger partial charge < -0.3 is 15.7 Å². The summed E-state index contributed by atoms with van der Waals surface area (Å²) in [5.74, 6) is -1.34. The fraction of sp³-hybridized carbons (Fsp3) is 0.176. The summed E-state index contributed by atoms with van der Waals surface area (Å²) in [6, 6.07) is 7.22. The van der Waals surface area contributed by atoms with Crippen molar-refractivity contribution in [2.75, 3.05) is 5.32 Å². The van der Waals surface area contributed by atoms with E-state index in [2.05, 4.69) is 10.6 Å². The molecule has 0 fully saturated rings. The van der Waals surface area contributed by atoms with Gasteiger partial charge in [0.2, 0.25) is 0 Å².